The van der Waals surface area contributed by atoms with Gasteiger partial charge in [-0.1, -0.05) is 56.2 Å². The Labute approximate surface area is 168 Å². The number of nitrogens with one attached hydrogen (secondary N) is 1. The minimum atomic E-state index is -3.87. The van der Waals surface area contributed by atoms with Crippen molar-refractivity contribution in [2.75, 3.05) is 10.8 Å². The van der Waals surface area contributed by atoms with Gasteiger partial charge < -0.3 is 5.32 Å². The van der Waals surface area contributed by atoms with Crippen molar-refractivity contribution in [2.24, 2.45) is 0 Å². The van der Waals surface area contributed by atoms with E-state index in [9.17, 15) is 13.2 Å². The fraction of sp³-hybridized carbons (Fsp3) is 0.409. The zero-order valence-corrected chi connectivity index (χ0v) is 17.9. The van der Waals surface area contributed by atoms with Crippen molar-refractivity contribution < 1.29 is 13.2 Å². The molecule has 1 atom stereocenters. The Morgan fingerprint density at radius 3 is 2.32 bits per heavy atom. The average molecular weight is 403 g/mol. The van der Waals surface area contributed by atoms with Crippen LogP contribution in [0.4, 0.5) is 5.69 Å². The minimum Gasteiger partial charge on any atom is -0.352 e. The van der Waals surface area contributed by atoms with Crippen LogP contribution in [-0.2, 0) is 21.2 Å². The highest BCUT2D eigenvalue weighted by molar-refractivity contribution is 7.92. The van der Waals surface area contributed by atoms with Gasteiger partial charge in [-0.3, -0.25) is 9.10 Å². The van der Waals surface area contributed by atoms with E-state index in [4.69, 9.17) is 0 Å². The molecule has 0 heterocycles. The molecule has 0 aromatic heterocycles. The van der Waals surface area contributed by atoms with Crippen LogP contribution in [0.15, 0.2) is 53.4 Å². The normalized spacial score (nSPS) is 12.4. The van der Waals surface area contributed by atoms with Crippen LogP contribution >= 0.6 is 0 Å². The van der Waals surface area contributed by atoms with Crippen LogP contribution in [0.2, 0.25) is 0 Å². The minimum absolute atomic E-state index is 0.00264. The predicted molar refractivity (Wildman–Crippen MR) is 114 cm³/mol. The Morgan fingerprint density at radius 1 is 1.07 bits per heavy atom. The number of anilines is 1. The van der Waals surface area contributed by atoms with E-state index in [0.717, 1.165) is 24.0 Å². The zero-order valence-electron chi connectivity index (χ0n) is 17.1. The number of hydrogen-bond donors (Lipinski definition) is 1. The van der Waals surface area contributed by atoms with Gasteiger partial charge in [0.2, 0.25) is 5.91 Å². The van der Waals surface area contributed by atoms with Gasteiger partial charge in [-0.25, -0.2) is 8.42 Å². The van der Waals surface area contributed by atoms with Gasteiger partial charge in [0.25, 0.3) is 10.0 Å². The molecule has 0 radical (unpaired) electrons. The summed E-state index contributed by atoms with van der Waals surface area (Å²) in [5, 5.41) is 2.91. The van der Waals surface area contributed by atoms with Gasteiger partial charge in [-0.2, -0.15) is 0 Å². The quantitative estimate of drug-likeness (QED) is 0.688. The Balaban J connectivity index is 2.44. The molecule has 0 aliphatic heterocycles. The predicted octanol–water partition coefficient (Wildman–Crippen LogP) is 4.06. The van der Waals surface area contributed by atoms with E-state index in [-0.39, 0.29) is 23.4 Å². The number of para-hydroxylation sites is 1. The van der Waals surface area contributed by atoms with Crippen LogP contribution in [0, 0.1) is 6.92 Å². The lowest BCUT2D eigenvalue weighted by molar-refractivity contribution is -0.120. The molecule has 0 saturated heterocycles. The number of hydrogen-bond acceptors (Lipinski definition) is 3. The summed E-state index contributed by atoms with van der Waals surface area (Å²) in [6, 6.07) is 14.0. The Morgan fingerprint density at radius 2 is 1.71 bits per heavy atom. The van der Waals surface area contributed by atoms with Crippen LogP contribution in [0.5, 0.6) is 0 Å². The van der Waals surface area contributed by atoms with Gasteiger partial charge in [-0.15, -0.1) is 0 Å². The summed E-state index contributed by atoms with van der Waals surface area (Å²) < 4.78 is 28.0. The summed E-state index contributed by atoms with van der Waals surface area (Å²) in [5.41, 5.74) is 2.40. The van der Waals surface area contributed by atoms with Gasteiger partial charge >= 0.3 is 0 Å². The van der Waals surface area contributed by atoms with Gasteiger partial charge in [0.05, 0.1) is 10.6 Å². The molecule has 152 valence electrons. The molecule has 0 bridgehead atoms. The molecule has 0 fully saturated rings. The van der Waals surface area contributed by atoms with Crippen molar-refractivity contribution in [1.29, 1.82) is 0 Å². The fourth-order valence-electron chi connectivity index (χ4n) is 3.15. The molecule has 0 aliphatic carbocycles. The molecule has 1 amide bonds. The number of rotatable bonds is 9. The SMILES string of the molecule is CCC[C@H](C)NC(=O)CN(c1ccccc1CC)S(=O)(=O)c1ccc(C)cc1. The highest BCUT2D eigenvalue weighted by atomic mass is 32.2. The third-order valence-corrected chi connectivity index (χ3v) is 6.44. The standard InChI is InChI=1S/C22H30N2O3S/c1-5-9-18(4)23-22(25)16-24(21-11-8-7-10-19(21)6-2)28(26,27)20-14-12-17(3)13-15-20/h7-8,10-15,18H,5-6,9,16H2,1-4H3,(H,23,25)/t18-/m0/s1. The molecule has 28 heavy (non-hydrogen) atoms. The molecule has 0 aliphatic rings. The van der Waals surface area contributed by atoms with Crippen molar-refractivity contribution in [3.05, 3.63) is 59.7 Å². The molecule has 1 N–H and O–H groups in total. The number of nitrogens with zero attached hydrogens (tertiary/aromatic N) is 1. The van der Waals surface area contributed by atoms with E-state index in [2.05, 4.69) is 5.32 Å². The van der Waals surface area contributed by atoms with Crippen LogP contribution in [0.1, 0.15) is 44.7 Å². The van der Waals surface area contributed by atoms with E-state index in [1.165, 1.54) is 4.31 Å². The number of sulfonamides is 1. The van der Waals surface area contributed by atoms with Crippen molar-refractivity contribution in [1.82, 2.24) is 5.32 Å². The highest BCUT2D eigenvalue weighted by Crippen LogP contribution is 2.27. The molecule has 5 nitrogen and oxygen atoms in total. The summed E-state index contributed by atoms with van der Waals surface area (Å²) in [6.07, 6.45) is 2.47. The summed E-state index contributed by atoms with van der Waals surface area (Å²) in [4.78, 5) is 12.8. The first-order chi connectivity index (χ1) is 13.3. The van der Waals surface area contributed by atoms with Gasteiger partial charge in [0.1, 0.15) is 6.54 Å². The largest absolute Gasteiger partial charge is 0.352 e. The zero-order chi connectivity index (χ0) is 20.7. The summed E-state index contributed by atoms with van der Waals surface area (Å²) in [7, 11) is -3.87. The first-order valence-corrected chi connectivity index (χ1v) is 11.2. The van der Waals surface area contributed by atoms with Crippen LogP contribution < -0.4 is 9.62 Å². The van der Waals surface area contributed by atoms with Crippen LogP contribution in [0.25, 0.3) is 0 Å². The van der Waals surface area contributed by atoms with Crippen LogP contribution in [-0.4, -0.2) is 26.9 Å². The van der Waals surface area contributed by atoms with E-state index < -0.39 is 10.0 Å². The molecule has 0 unspecified atom stereocenters. The van der Waals surface area contributed by atoms with Gasteiger partial charge in [-0.05, 0) is 50.5 Å². The second kappa shape index (κ2) is 9.73. The Kier molecular flexibility index (Phi) is 7.63. The van der Waals surface area contributed by atoms with Crippen LogP contribution in [0.3, 0.4) is 0 Å². The van der Waals surface area contributed by atoms with Crippen molar-refractivity contribution in [3.8, 4) is 0 Å². The lowest BCUT2D eigenvalue weighted by Gasteiger charge is -2.27. The number of carbonyl (C=O) groups excluding carboxylic acids is 1. The maximum atomic E-state index is 13.4. The van der Waals surface area contributed by atoms with Gasteiger partial charge in [0.15, 0.2) is 0 Å². The van der Waals surface area contributed by atoms with Crippen molar-refractivity contribution in [2.45, 2.75) is 57.9 Å². The van der Waals surface area contributed by atoms with Gasteiger partial charge in [0, 0.05) is 6.04 Å². The lowest BCUT2D eigenvalue weighted by atomic mass is 10.1. The van der Waals surface area contributed by atoms with E-state index in [0.29, 0.717) is 12.1 Å². The number of benzene rings is 2. The molecule has 0 saturated carbocycles. The third-order valence-electron chi connectivity index (χ3n) is 4.67. The maximum Gasteiger partial charge on any atom is 0.264 e. The molecular formula is C22H30N2O3S. The first-order valence-electron chi connectivity index (χ1n) is 9.76. The number of amides is 1. The molecule has 2 rings (SSSR count). The average Bonchev–Trinajstić information content (AvgIpc) is 2.66. The Bertz CT molecular complexity index is 892. The van der Waals surface area contributed by atoms with E-state index in [1.54, 1.807) is 36.4 Å². The Hall–Kier alpha value is -2.34. The number of carbonyl (C=O) groups is 1. The summed E-state index contributed by atoms with van der Waals surface area (Å²) >= 11 is 0. The smallest absolute Gasteiger partial charge is 0.264 e. The molecule has 6 heteroatoms. The monoisotopic (exact) mass is 402 g/mol. The van der Waals surface area contributed by atoms with E-state index in [1.807, 2.05) is 39.8 Å². The molecular weight excluding hydrogens is 372 g/mol. The maximum absolute atomic E-state index is 13.4. The third kappa shape index (κ3) is 5.35. The summed E-state index contributed by atoms with van der Waals surface area (Å²) in [5.74, 6) is -0.303. The fourth-order valence-corrected chi connectivity index (χ4v) is 4.61. The van der Waals surface area contributed by atoms with Crippen molar-refractivity contribution in [3.63, 3.8) is 0 Å². The van der Waals surface area contributed by atoms with E-state index >= 15 is 0 Å². The second-order valence-corrected chi connectivity index (χ2v) is 8.93. The summed E-state index contributed by atoms with van der Waals surface area (Å²) in [6.45, 7) is 7.61. The second-order valence-electron chi connectivity index (χ2n) is 7.06. The molecule has 0 spiro atoms. The molecule has 2 aromatic carbocycles. The topological polar surface area (TPSA) is 66.5 Å². The van der Waals surface area contributed by atoms with Crippen molar-refractivity contribution >= 4 is 21.6 Å². The lowest BCUT2D eigenvalue weighted by Crippen LogP contribution is -2.43. The highest BCUT2D eigenvalue weighted by Gasteiger charge is 2.28. The first kappa shape index (κ1) is 22.0. The molecule has 2 aromatic rings. The number of aryl methyl sites for hydroxylation is 2.